The molecule has 1 N–H and O–H groups in total. The first-order chi connectivity index (χ1) is 12.3. The number of rotatable bonds is 6. The third-order valence-corrected chi connectivity index (χ3v) is 4.36. The number of ether oxygens (including phenoxy) is 1. The molecule has 1 atom stereocenters. The second-order valence-electron chi connectivity index (χ2n) is 6.23. The fourth-order valence-corrected chi connectivity index (χ4v) is 3.06. The van der Waals surface area contributed by atoms with Crippen molar-refractivity contribution in [3.63, 3.8) is 0 Å². The molecule has 0 radical (unpaired) electrons. The first-order valence-electron chi connectivity index (χ1n) is 8.64. The Kier molecular flexibility index (Phi) is 6.00. The molecule has 1 aromatic carbocycles. The lowest BCUT2D eigenvalue weighted by Crippen LogP contribution is -2.45. The van der Waals surface area contributed by atoms with E-state index < -0.39 is 0 Å². The summed E-state index contributed by atoms with van der Waals surface area (Å²) >= 11 is 0. The lowest BCUT2D eigenvalue weighted by Gasteiger charge is -2.31. The minimum Gasteiger partial charge on any atom is -0.375 e. The zero-order valence-electron chi connectivity index (χ0n) is 14.5. The van der Waals surface area contributed by atoms with Gasteiger partial charge in [0, 0.05) is 32.7 Å². The lowest BCUT2D eigenvalue weighted by molar-refractivity contribution is 0.151. The molecule has 0 saturated carbocycles. The van der Waals surface area contributed by atoms with Crippen molar-refractivity contribution >= 4 is 6.03 Å². The van der Waals surface area contributed by atoms with Gasteiger partial charge in [-0.15, -0.1) is 0 Å². The van der Waals surface area contributed by atoms with Gasteiger partial charge in [0.1, 0.15) is 6.61 Å². The van der Waals surface area contributed by atoms with Crippen LogP contribution < -0.4 is 5.32 Å². The molecule has 1 unspecified atom stereocenters. The van der Waals surface area contributed by atoms with Crippen LogP contribution in [-0.4, -0.2) is 47.8 Å². The largest absolute Gasteiger partial charge is 0.375 e. The second kappa shape index (κ2) is 8.62. The highest BCUT2D eigenvalue weighted by atomic mass is 16.5. The smallest absolute Gasteiger partial charge is 0.317 e. The Labute approximate surface area is 147 Å². The highest BCUT2D eigenvalue weighted by Gasteiger charge is 2.27. The fraction of sp³-hybridized carbons (Fsp3) is 0.500. The average Bonchev–Trinajstić information content (AvgIpc) is 3.12. The molecule has 1 aliphatic heterocycles. The maximum atomic E-state index is 12.4. The van der Waals surface area contributed by atoms with Crippen LogP contribution in [0.2, 0.25) is 0 Å². The van der Waals surface area contributed by atoms with Crippen molar-refractivity contribution in [2.75, 3.05) is 26.7 Å². The van der Waals surface area contributed by atoms with Gasteiger partial charge < -0.3 is 19.5 Å². The number of nitrogens with zero attached hydrogens (tertiary/aromatic N) is 3. The van der Waals surface area contributed by atoms with Crippen LogP contribution >= 0.6 is 0 Å². The van der Waals surface area contributed by atoms with Gasteiger partial charge in [0.2, 0.25) is 0 Å². The third kappa shape index (κ3) is 4.79. The summed E-state index contributed by atoms with van der Waals surface area (Å²) in [7, 11) is 1.59. The second-order valence-corrected chi connectivity index (χ2v) is 6.23. The molecule has 0 aliphatic carbocycles. The highest BCUT2D eigenvalue weighted by molar-refractivity contribution is 5.74. The normalized spacial score (nSPS) is 17.5. The Balaban J connectivity index is 1.49. The number of hydrogen-bond acceptors (Lipinski definition) is 5. The van der Waals surface area contributed by atoms with Crippen LogP contribution in [0.3, 0.4) is 0 Å². The summed E-state index contributed by atoms with van der Waals surface area (Å²) in [6.45, 7) is 2.31. The summed E-state index contributed by atoms with van der Waals surface area (Å²) in [5.41, 5.74) is 1.22. The van der Waals surface area contributed by atoms with E-state index in [0.29, 0.717) is 31.4 Å². The SMILES string of the molecule is COCc1nc(C2CCCN(C(=O)NCCc3ccccc3)C2)no1. The van der Waals surface area contributed by atoms with Gasteiger partial charge in [-0.3, -0.25) is 0 Å². The standard InChI is InChI=1S/C18H24N4O3/c1-24-13-16-20-17(21-25-16)15-8-5-11-22(12-15)18(23)19-10-9-14-6-3-2-4-7-14/h2-4,6-7,15H,5,8-13H2,1H3,(H,19,23). The number of aromatic nitrogens is 2. The van der Waals surface area contributed by atoms with E-state index in [-0.39, 0.29) is 11.9 Å². The van der Waals surface area contributed by atoms with Crippen LogP contribution in [0.1, 0.15) is 36.0 Å². The number of carbonyl (C=O) groups is 1. The predicted molar refractivity (Wildman–Crippen MR) is 92.1 cm³/mol. The molecular formula is C18H24N4O3. The summed E-state index contributed by atoms with van der Waals surface area (Å²) in [5, 5.41) is 7.03. The number of amides is 2. The fourth-order valence-electron chi connectivity index (χ4n) is 3.06. The number of carbonyl (C=O) groups excluding carboxylic acids is 1. The van der Waals surface area contributed by atoms with Gasteiger partial charge in [0.05, 0.1) is 0 Å². The average molecular weight is 344 g/mol. The molecule has 2 aromatic rings. The van der Waals surface area contributed by atoms with Gasteiger partial charge in [0.15, 0.2) is 5.82 Å². The van der Waals surface area contributed by atoms with Crippen LogP contribution in [0.15, 0.2) is 34.9 Å². The molecule has 0 spiro atoms. The molecule has 3 rings (SSSR count). The maximum absolute atomic E-state index is 12.4. The molecule has 25 heavy (non-hydrogen) atoms. The van der Waals surface area contributed by atoms with Crippen molar-refractivity contribution in [1.29, 1.82) is 0 Å². The molecule has 7 heteroatoms. The lowest BCUT2D eigenvalue weighted by atomic mass is 9.98. The Morgan fingerprint density at radius 2 is 2.24 bits per heavy atom. The van der Waals surface area contributed by atoms with Gasteiger partial charge in [-0.2, -0.15) is 4.98 Å². The monoisotopic (exact) mass is 344 g/mol. The van der Waals surface area contributed by atoms with E-state index in [2.05, 4.69) is 27.6 Å². The third-order valence-electron chi connectivity index (χ3n) is 4.36. The molecule has 2 amide bonds. The molecule has 134 valence electrons. The molecule has 1 aromatic heterocycles. The van der Waals surface area contributed by atoms with Crippen LogP contribution in [0.4, 0.5) is 4.79 Å². The van der Waals surface area contributed by atoms with E-state index in [0.717, 1.165) is 25.8 Å². The summed E-state index contributed by atoms with van der Waals surface area (Å²) in [6, 6.07) is 10.1. The summed E-state index contributed by atoms with van der Waals surface area (Å²) < 4.78 is 10.2. The number of nitrogens with one attached hydrogen (secondary N) is 1. The van der Waals surface area contributed by atoms with Crippen molar-refractivity contribution in [3.8, 4) is 0 Å². The molecule has 1 aliphatic rings. The number of hydrogen-bond donors (Lipinski definition) is 1. The molecule has 0 bridgehead atoms. The minimum atomic E-state index is -0.0266. The maximum Gasteiger partial charge on any atom is 0.317 e. The minimum absolute atomic E-state index is 0.0266. The molecule has 2 heterocycles. The van der Waals surface area contributed by atoms with Crippen molar-refractivity contribution in [1.82, 2.24) is 20.4 Å². The molecular weight excluding hydrogens is 320 g/mol. The predicted octanol–water partition coefficient (Wildman–Crippen LogP) is 2.35. The first kappa shape index (κ1) is 17.4. The van der Waals surface area contributed by atoms with Crippen LogP contribution in [-0.2, 0) is 17.8 Å². The first-order valence-corrected chi connectivity index (χ1v) is 8.64. The topological polar surface area (TPSA) is 80.5 Å². The van der Waals surface area contributed by atoms with Crippen molar-refractivity contribution in [3.05, 3.63) is 47.6 Å². The molecule has 7 nitrogen and oxygen atoms in total. The summed E-state index contributed by atoms with van der Waals surface area (Å²) in [4.78, 5) is 18.6. The van der Waals surface area contributed by atoms with Crippen molar-refractivity contribution < 1.29 is 14.1 Å². The zero-order chi connectivity index (χ0) is 17.5. The quantitative estimate of drug-likeness (QED) is 0.870. The number of benzene rings is 1. The molecule has 1 saturated heterocycles. The van der Waals surface area contributed by atoms with Gasteiger partial charge in [0.25, 0.3) is 5.89 Å². The Morgan fingerprint density at radius 3 is 3.04 bits per heavy atom. The van der Waals surface area contributed by atoms with E-state index in [1.807, 2.05) is 23.1 Å². The molecule has 1 fully saturated rings. The van der Waals surface area contributed by atoms with E-state index in [4.69, 9.17) is 9.26 Å². The summed E-state index contributed by atoms with van der Waals surface area (Å²) in [6.07, 6.45) is 2.72. The Bertz CT molecular complexity index is 674. The Morgan fingerprint density at radius 1 is 1.40 bits per heavy atom. The van der Waals surface area contributed by atoms with E-state index in [1.54, 1.807) is 7.11 Å². The summed E-state index contributed by atoms with van der Waals surface area (Å²) in [5.74, 6) is 1.25. The van der Waals surface area contributed by atoms with Crippen LogP contribution in [0.25, 0.3) is 0 Å². The highest BCUT2D eigenvalue weighted by Crippen LogP contribution is 2.25. The van der Waals surface area contributed by atoms with Gasteiger partial charge in [-0.05, 0) is 24.8 Å². The number of urea groups is 1. The van der Waals surface area contributed by atoms with E-state index in [9.17, 15) is 4.79 Å². The van der Waals surface area contributed by atoms with Crippen molar-refractivity contribution in [2.24, 2.45) is 0 Å². The van der Waals surface area contributed by atoms with Gasteiger partial charge >= 0.3 is 6.03 Å². The van der Waals surface area contributed by atoms with Crippen LogP contribution in [0, 0.1) is 0 Å². The number of methoxy groups -OCH3 is 1. The van der Waals surface area contributed by atoms with E-state index >= 15 is 0 Å². The van der Waals surface area contributed by atoms with Crippen molar-refractivity contribution in [2.45, 2.75) is 31.8 Å². The Hall–Kier alpha value is -2.41. The van der Waals surface area contributed by atoms with Crippen LogP contribution in [0.5, 0.6) is 0 Å². The van der Waals surface area contributed by atoms with Gasteiger partial charge in [-0.25, -0.2) is 4.79 Å². The zero-order valence-corrected chi connectivity index (χ0v) is 14.5. The van der Waals surface area contributed by atoms with Gasteiger partial charge in [-0.1, -0.05) is 35.5 Å². The van der Waals surface area contributed by atoms with E-state index in [1.165, 1.54) is 5.56 Å². The number of likely N-dealkylation sites (tertiary alicyclic amines) is 1. The number of piperidine rings is 1.